The van der Waals surface area contributed by atoms with Gasteiger partial charge in [0.15, 0.2) is 0 Å². The first-order valence-electron chi connectivity index (χ1n) is 9.98. The summed E-state index contributed by atoms with van der Waals surface area (Å²) in [4.78, 5) is 13.7. The molecular formula is C21H26N2O4S2. The molecule has 8 heteroatoms. The zero-order chi connectivity index (χ0) is 20.4. The van der Waals surface area contributed by atoms with Crippen LogP contribution in [0.15, 0.2) is 40.6 Å². The van der Waals surface area contributed by atoms with Crippen LogP contribution >= 0.6 is 11.3 Å². The molecule has 1 N–H and O–H groups in total. The Morgan fingerprint density at radius 2 is 2.10 bits per heavy atom. The maximum Gasteiger partial charge on any atom is 0.252 e. The molecule has 0 spiro atoms. The van der Waals surface area contributed by atoms with Crippen molar-refractivity contribution in [3.63, 3.8) is 0 Å². The summed E-state index contributed by atoms with van der Waals surface area (Å²) in [6.07, 6.45) is 2.28. The number of para-hydroxylation sites is 1. The fourth-order valence-electron chi connectivity index (χ4n) is 3.96. The van der Waals surface area contributed by atoms with Crippen molar-refractivity contribution >= 4 is 27.3 Å². The van der Waals surface area contributed by atoms with E-state index < -0.39 is 10.0 Å². The maximum atomic E-state index is 12.9. The zero-order valence-electron chi connectivity index (χ0n) is 16.5. The number of sulfonamides is 1. The van der Waals surface area contributed by atoms with Gasteiger partial charge < -0.3 is 10.1 Å². The average molecular weight is 435 g/mol. The van der Waals surface area contributed by atoms with E-state index in [1.54, 1.807) is 6.07 Å². The van der Waals surface area contributed by atoms with Gasteiger partial charge in [0, 0.05) is 30.4 Å². The molecule has 0 radical (unpaired) electrons. The molecule has 1 aromatic heterocycles. The molecule has 6 nitrogen and oxygen atoms in total. The monoisotopic (exact) mass is 434 g/mol. The number of carbonyl (C=O) groups excluding carboxylic acids is 1. The first-order chi connectivity index (χ1) is 13.9. The van der Waals surface area contributed by atoms with Crippen LogP contribution in [0.5, 0.6) is 5.75 Å². The summed E-state index contributed by atoms with van der Waals surface area (Å²) in [7, 11) is -3.52. The van der Waals surface area contributed by atoms with Crippen molar-refractivity contribution in [2.75, 3.05) is 26.2 Å². The van der Waals surface area contributed by atoms with E-state index in [1.807, 2.05) is 31.2 Å². The largest absolute Gasteiger partial charge is 0.493 e. The van der Waals surface area contributed by atoms with E-state index >= 15 is 0 Å². The maximum absolute atomic E-state index is 12.9. The van der Waals surface area contributed by atoms with Crippen LogP contribution in [0.1, 0.15) is 23.3 Å². The second-order valence-electron chi connectivity index (χ2n) is 7.80. The van der Waals surface area contributed by atoms with Gasteiger partial charge in [0.2, 0.25) is 5.91 Å². The van der Waals surface area contributed by atoms with Crippen molar-refractivity contribution in [2.45, 2.75) is 30.4 Å². The quantitative estimate of drug-likeness (QED) is 0.785. The number of amides is 1. The first kappa shape index (κ1) is 20.4. The summed E-state index contributed by atoms with van der Waals surface area (Å²) < 4.78 is 33.4. The molecule has 2 unspecified atom stereocenters. The third-order valence-corrected chi connectivity index (χ3v) is 8.92. The van der Waals surface area contributed by atoms with Crippen LogP contribution in [0.4, 0.5) is 0 Å². The van der Waals surface area contributed by atoms with Crippen molar-refractivity contribution in [1.29, 1.82) is 0 Å². The Balaban J connectivity index is 1.33. The van der Waals surface area contributed by atoms with E-state index in [9.17, 15) is 13.2 Å². The van der Waals surface area contributed by atoms with E-state index in [0.29, 0.717) is 36.7 Å². The standard InChI is InChI=1S/C21H26N2O4S2/c1-15-8-9-20(28-15)29(25,26)23-10-4-6-18(13-23)21(24)22-12-16-11-17-5-2-3-7-19(17)27-14-16/h2-3,5,7-9,16,18H,4,6,10-14H2,1H3,(H,22,24). The Morgan fingerprint density at radius 1 is 1.28 bits per heavy atom. The van der Waals surface area contributed by atoms with Crippen molar-refractivity contribution in [2.24, 2.45) is 11.8 Å². The number of thiophene rings is 1. The van der Waals surface area contributed by atoms with Crippen molar-refractivity contribution in [3.05, 3.63) is 46.8 Å². The lowest BCUT2D eigenvalue weighted by Gasteiger charge is -2.31. The van der Waals surface area contributed by atoms with E-state index in [4.69, 9.17) is 4.74 Å². The summed E-state index contributed by atoms with van der Waals surface area (Å²) in [5.41, 5.74) is 1.17. The third-order valence-electron chi connectivity index (χ3n) is 5.59. The Labute approximate surface area is 175 Å². The molecule has 29 heavy (non-hydrogen) atoms. The van der Waals surface area contributed by atoms with Crippen molar-refractivity contribution < 1.29 is 17.9 Å². The number of fused-ring (bicyclic) bond motifs is 1. The van der Waals surface area contributed by atoms with Gasteiger partial charge in [-0.1, -0.05) is 18.2 Å². The van der Waals surface area contributed by atoms with Gasteiger partial charge in [-0.05, 0) is 49.9 Å². The van der Waals surface area contributed by atoms with Gasteiger partial charge in [-0.3, -0.25) is 4.79 Å². The zero-order valence-corrected chi connectivity index (χ0v) is 18.1. The highest BCUT2D eigenvalue weighted by atomic mass is 32.2. The fraction of sp³-hybridized carbons (Fsp3) is 0.476. The smallest absolute Gasteiger partial charge is 0.252 e. The molecule has 1 aromatic carbocycles. The predicted octanol–water partition coefficient (Wildman–Crippen LogP) is 2.82. The normalized spacial score (nSPS) is 22.5. The van der Waals surface area contributed by atoms with Gasteiger partial charge in [-0.2, -0.15) is 4.31 Å². The Bertz CT molecular complexity index is 986. The van der Waals surface area contributed by atoms with Crippen molar-refractivity contribution in [1.82, 2.24) is 9.62 Å². The highest BCUT2D eigenvalue weighted by molar-refractivity contribution is 7.91. The minimum atomic E-state index is -3.52. The van der Waals surface area contributed by atoms with Crippen LogP contribution in [0.25, 0.3) is 0 Å². The van der Waals surface area contributed by atoms with Gasteiger partial charge in [0.1, 0.15) is 9.96 Å². The molecule has 3 heterocycles. The lowest BCUT2D eigenvalue weighted by atomic mass is 9.95. The second kappa shape index (κ2) is 8.45. The molecule has 2 aromatic rings. The Kier molecular flexibility index (Phi) is 5.94. The molecule has 1 saturated heterocycles. The van der Waals surface area contributed by atoms with Crippen LogP contribution in [-0.4, -0.2) is 44.9 Å². The first-order valence-corrected chi connectivity index (χ1v) is 12.2. The number of aryl methyl sites for hydroxylation is 1. The number of hydrogen-bond acceptors (Lipinski definition) is 5. The van der Waals surface area contributed by atoms with Gasteiger partial charge in [0.25, 0.3) is 10.0 Å². The molecule has 0 saturated carbocycles. The third kappa shape index (κ3) is 4.49. The minimum absolute atomic E-state index is 0.0638. The molecule has 0 aliphatic carbocycles. The van der Waals surface area contributed by atoms with Gasteiger partial charge >= 0.3 is 0 Å². The summed E-state index contributed by atoms with van der Waals surface area (Å²) in [5, 5.41) is 3.03. The van der Waals surface area contributed by atoms with Crippen LogP contribution in [0.2, 0.25) is 0 Å². The molecule has 0 bridgehead atoms. The topological polar surface area (TPSA) is 75.7 Å². The van der Waals surface area contributed by atoms with E-state index in [1.165, 1.54) is 21.2 Å². The number of piperidine rings is 1. The molecule has 1 fully saturated rings. The average Bonchev–Trinajstić information content (AvgIpc) is 3.19. The molecule has 156 valence electrons. The van der Waals surface area contributed by atoms with Gasteiger partial charge in [-0.15, -0.1) is 11.3 Å². The van der Waals surface area contributed by atoms with Crippen LogP contribution in [0.3, 0.4) is 0 Å². The number of nitrogens with zero attached hydrogens (tertiary/aromatic N) is 1. The van der Waals surface area contributed by atoms with Crippen LogP contribution < -0.4 is 10.1 Å². The van der Waals surface area contributed by atoms with E-state index in [-0.39, 0.29) is 24.3 Å². The fourth-order valence-corrected chi connectivity index (χ4v) is 6.93. The second-order valence-corrected chi connectivity index (χ2v) is 11.3. The highest BCUT2D eigenvalue weighted by Crippen LogP contribution is 2.29. The highest BCUT2D eigenvalue weighted by Gasteiger charge is 2.34. The summed E-state index contributed by atoms with van der Waals surface area (Å²) in [6, 6.07) is 11.4. The number of ether oxygens (including phenoxy) is 1. The number of rotatable bonds is 5. The van der Waals surface area contributed by atoms with Crippen LogP contribution in [-0.2, 0) is 21.2 Å². The minimum Gasteiger partial charge on any atom is -0.493 e. The number of carbonyl (C=O) groups is 1. The predicted molar refractivity (Wildman–Crippen MR) is 113 cm³/mol. The molecule has 1 amide bonds. The molecule has 2 atom stereocenters. The Hall–Kier alpha value is -1.90. The molecule has 2 aliphatic rings. The molecular weight excluding hydrogens is 408 g/mol. The SMILES string of the molecule is Cc1ccc(S(=O)(=O)N2CCCC(C(=O)NCC3COc4ccccc4C3)C2)s1. The number of nitrogens with one attached hydrogen (secondary N) is 1. The number of hydrogen-bond donors (Lipinski definition) is 1. The van der Waals surface area contributed by atoms with E-state index in [2.05, 4.69) is 11.4 Å². The molecule has 4 rings (SSSR count). The summed E-state index contributed by atoms with van der Waals surface area (Å²) in [6.45, 7) is 3.73. The lowest BCUT2D eigenvalue weighted by molar-refractivity contribution is -0.126. The summed E-state index contributed by atoms with van der Waals surface area (Å²) in [5.74, 6) is 0.779. The van der Waals surface area contributed by atoms with Gasteiger partial charge in [0.05, 0.1) is 12.5 Å². The summed E-state index contributed by atoms with van der Waals surface area (Å²) >= 11 is 1.28. The molecule has 2 aliphatic heterocycles. The number of benzene rings is 1. The van der Waals surface area contributed by atoms with Gasteiger partial charge in [-0.25, -0.2) is 8.42 Å². The Morgan fingerprint density at radius 3 is 2.90 bits per heavy atom. The van der Waals surface area contributed by atoms with Crippen LogP contribution in [0, 0.1) is 18.8 Å². The van der Waals surface area contributed by atoms with E-state index in [0.717, 1.165) is 17.0 Å². The van der Waals surface area contributed by atoms with Crippen molar-refractivity contribution in [3.8, 4) is 5.75 Å². The lowest BCUT2D eigenvalue weighted by Crippen LogP contribution is -2.46.